The molecule has 0 N–H and O–H groups in total. The fourth-order valence-electron chi connectivity index (χ4n) is 3.29. The van der Waals surface area contributed by atoms with E-state index in [1.807, 2.05) is 6.07 Å². The summed E-state index contributed by atoms with van der Waals surface area (Å²) in [7, 11) is 0. The van der Waals surface area contributed by atoms with Crippen molar-refractivity contribution in [1.29, 1.82) is 0 Å². The molecule has 1 aliphatic carbocycles. The number of halogens is 1. The third-order valence-corrected chi connectivity index (χ3v) is 4.76. The lowest BCUT2D eigenvalue weighted by Gasteiger charge is -2.33. The number of aryl methyl sites for hydroxylation is 1. The molecule has 1 amide bonds. The number of nitrogens with zero attached hydrogens (tertiary/aromatic N) is 1. The van der Waals surface area contributed by atoms with E-state index in [4.69, 9.17) is 0 Å². The van der Waals surface area contributed by atoms with E-state index in [9.17, 15) is 9.18 Å². The van der Waals surface area contributed by atoms with Crippen LogP contribution < -0.4 is 0 Å². The highest BCUT2D eigenvalue weighted by atomic mass is 19.1. The Morgan fingerprint density at radius 2 is 2.10 bits per heavy atom. The van der Waals surface area contributed by atoms with E-state index in [2.05, 4.69) is 4.90 Å². The van der Waals surface area contributed by atoms with Gasteiger partial charge in [0.05, 0.1) is 0 Å². The van der Waals surface area contributed by atoms with Gasteiger partial charge in [-0.3, -0.25) is 4.79 Å². The molecule has 1 aliphatic heterocycles. The first-order valence-corrected chi connectivity index (χ1v) is 8.23. The van der Waals surface area contributed by atoms with Crippen molar-refractivity contribution < 1.29 is 9.18 Å². The van der Waals surface area contributed by atoms with E-state index in [1.54, 1.807) is 12.1 Å². The lowest BCUT2D eigenvalue weighted by atomic mass is 9.91. The number of hydrogen-bond acceptors (Lipinski definition) is 1. The molecule has 0 aromatic heterocycles. The van der Waals surface area contributed by atoms with Gasteiger partial charge in [0.25, 0.3) is 0 Å². The molecule has 1 aromatic rings. The summed E-state index contributed by atoms with van der Waals surface area (Å²) in [6, 6.07) is 6.88. The standard InChI is InChI=1S/C18H24FNO/c19-17-5-1-3-14(11-17)8-9-16-4-2-10-20(13-16)18(21)12-15-6-7-15/h1,3,5,11,15-16H,2,4,6-10,12-13H2/t16-/m0/s1. The van der Waals surface area contributed by atoms with Gasteiger partial charge in [0.1, 0.15) is 5.82 Å². The Kier molecular flexibility index (Phi) is 4.57. The third-order valence-electron chi connectivity index (χ3n) is 4.76. The lowest BCUT2D eigenvalue weighted by molar-refractivity contribution is -0.133. The molecule has 2 fully saturated rings. The molecule has 3 rings (SSSR count). The van der Waals surface area contributed by atoms with Gasteiger partial charge in [-0.2, -0.15) is 0 Å². The van der Waals surface area contributed by atoms with Gasteiger partial charge < -0.3 is 4.90 Å². The van der Waals surface area contributed by atoms with Crippen LogP contribution in [0.1, 0.15) is 44.1 Å². The highest BCUT2D eigenvalue weighted by molar-refractivity contribution is 5.76. The molecule has 0 radical (unpaired) electrons. The highest BCUT2D eigenvalue weighted by Gasteiger charge is 2.29. The smallest absolute Gasteiger partial charge is 0.222 e. The zero-order valence-electron chi connectivity index (χ0n) is 12.6. The molecule has 0 unspecified atom stereocenters. The maximum absolute atomic E-state index is 13.2. The SMILES string of the molecule is O=C(CC1CC1)N1CCC[C@@H](CCc2cccc(F)c2)C1. The minimum atomic E-state index is -0.155. The molecule has 21 heavy (non-hydrogen) atoms. The molecule has 0 bridgehead atoms. The van der Waals surface area contributed by atoms with Crippen molar-refractivity contribution in [3.63, 3.8) is 0 Å². The first-order valence-electron chi connectivity index (χ1n) is 8.23. The van der Waals surface area contributed by atoms with Crippen LogP contribution in [0.25, 0.3) is 0 Å². The zero-order chi connectivity index (χ0) is 14.7. The average molecular weight is 289 g/mol. The number of carbonyl (C=O) groups excluding carboxylic acids is 1. The molecule has 114 valence electrons. The number of rotatable bonds is 5. The fourth-order valence-corrected chi connectivity index (χ4v) is 3.29. The number of hydrogen-bond donors (Lipinski definition) is 0. The molecular weight excluding hydrogens is 265 g/mol. The zero-order valence-corrected chi connectivity index (χ0v) is 12.6. The number of benzene rings is 1. The fraction of sp³-hybridized carbons (Fsp3) is 0.611. The summed E-state index contributed by atoms with van der Waals surface area (Å²) in [5, 5.41) is 0. The molecule has 1 saturated carbocycles. The second-order valence-corrected chi connectivity index (χ2v) is 6.66. The number of amides is 1. The summed E-state index contributed by atoms with van der Waals surface area (Å²) in [6.45, 7) is 1.84. The summed E-state index contributed by atoms with van der Waals surface area (Å²) in [4.78, 5) is 14.3. The summed E-state index contributed by atoms with van der Waals surface area (Å²) in [6.07, 6.45) is 7.51. The van der Waals surface area contributed by atoms with Gasteiger partial charge in [-0.05, 0) is 68.1 Å². The normalized spacial score (nSPS) is 22.3. The van der Waals surface area contributed by atoms with Crippen molar-refractivity contribution in [2.24, 2.45) is 11.8 Å². The average Bonchev–Trinajstić information content (AvgIpc) is 3.29. The number of piperidine rings is 1. The Labute approximate surface area is 126 Å². The maximum atomic E-state index is 13.2. The number of carbonyl (C=O) groups is 1. The van der Waals surface area contributed by atoms with E-state index in [-0.39, 0.29) is 5.82 Å². The summed E-state index contributed by atoms with van der Waals surface area (Å²) in [5.41, 5.74) is 1.07. The van der Waals surface area contributed by atoms with Crippen molar-refractivity contribution in [3.05, 3.63) is 35.6 Å². The van der Waals surface area contributed by atoms with Gasteiger partial charge in [0, 0.05) is 19.5 Å². The van der Waals surface area contributed by atoms with Gasteiger partial charge in [-0.15, -0.1) is 0 Å². The lowest BCUT2D eigenvalue weighted by Crippen LogP contribution is -2.40. The highest BCUT2D eigenvalue weighted by Crippen LogP contribution is 2.33. The quantitative estimate of drug-likeness (QED) is 0.807. The van der Waals surface area contributed by atoms with Gasteiger partial charge in [-0.1, -0.05) is 12.1 Å². The summed E-state index contributed by atoms with van der Waals surface area (Å²) < 4.78 is 13.2. The number of likely N-dealkylation sites (tertiary alicyclic amines) is 1. The maximum Gasteiger partial charge on any atom is 0.222 e. The molecule has 1 saturated heterocycles. The first kappa shape index (κ1) is 14.6. The van der Waals surface area contributed by atoms with E-state index in [0.717, 1.165) is 44.3 Å². The van der Waals surface area contributed by atoms with Crippen molar-refractivity contribution >= 4 is 5.91 Å². The van der Waals surface area contributed by atoms with Gasteiger partial charge in [-0.25, -0.2) is 4.39 Å². The van der Waals surface area contributed by atoms with Crippen molar-refractivity contribution in [1.82, 2.24) is 4.90 Å². The van der Waals surface area contributed by atoms with E-state index in [1.165, 1.54) is 25.3 Å². The Morgan fingerprint density at radius 3 is 2.86 bits per heavy atom. The van der Waals surface area contributed by atoms with Crippen LogP contribution in [0.3, 0.4) is 0 Å². The first-order chi connectivity index (χ1) is 10.2. The van der Waals surface area contributed by atoms with Crippen LogP contribution >= 0.6 is 0 Å². The largest absolute Gasteiger partial charge is 0.342 e. The topological polar surface area (TPSA) is 20.3 Å². The summed E-state index contributed by atoms with van der Waals surface area (Å²) >= 11 is 0. The van der Waals surface area contributed by atoms with Crippen molar-refractivity contribution in [2.75, 3.05) is 13.1 Å². The predicted molar refractivity (Wildman–Crippen MR) is 81.4 cm³/mol. The Hall–Kier alpha value is -1.38. The van der Waals surface area contributed by atoms with E-state index < -0.39 is 0 Å². The van der Waals surface area contributed by atoms with E-state index in [0.29, 0.717) is 17.7 Å². The minimum Gasteiger partial charge on any atom is -0.342 e. The Morgan fingerprint density at radius 1 is 1.24 bits per heavy atom. The van der Waals surface area contributed by atoms with Crippen LogP contribution in [0.15, 0.2) is 24.3 Å². The Bertz CT molecular complexity index is 498. The molecule has 1 aromatic carbocycles. The third kappa shape index (κ3) is 4.29. The van der Waals surface area contributed by atoms with Crippen LogP contribution in [0, 0.1) is 17.7 Å². The molecule has 2 nitrogen and oxygen atoms in total. The van der Waals surface area contributed by atoms with Crippen LogP contribution in [-0.4, -0.2) is 23.9 Å². The second-order valence-electron chi connectivity index (χ2n) is 6.66. The van der Waals surface area contributed by atoms with Crippen molar-refractivity contribution in [2.45, 2.75) is 44.9 Å². The van der Waals surface area contributed by atoms with E-state index >= 15 is 0 Å². The van der Waals surface area contributed by atoms with Crippen LogP contribution in [0.2, 0.25) is 0 Å². The predicted octanol–water partition coefficient (Wildman–Crippen LogP) is 3.80. The summed E-state index contributed by atoms with van der Waals surface area (Å²) in [5.74, 6) is 1.45. The Balaban J connectivity index is 1.47. The van der Waals surface area contributed by atoms with Crippen LogP contribution in [0.5, 0.6) is 0 Å². The van der Waals surface area contributed by atoms with Crippen molar-refractivity contribution in [3.8, 4) is 0 Å². The van der Waals surface area contributed by atoms with Crippen LogP contribution in [0.4, 0.5) is 4.39 Å². The molecule has 3 heteroatoms. The molecule has 0 spiro atoms. The molecule has 1 atom stereocenters. The molecule has 2 aliphatic rings. The van der Waals surface area contributed by atoms with Gasteiger partial charge in [0.15, 0.2) is 0 Å². The minimum absolute atomic E-state index is 0.155. The monoisotopic (exact) mass is 289 g/mol. The second kappa shape index (κ2) is 6.59. The molecule has 1 heterocycles. The van der Waals surface area contributed by atoms with Crippen LogP contribution in [-0.2, 0) is 11.2 Å². The van der Waals surface area contributed by atoms with Gasteiger partial charge in [0.2, 0.25) is 5.91 Å². The molecular formula is C18H24FNO. The van der Waals surface area contributed by atoms with Gasteiger partial charge >= 0.3 is 0 Å².